The fraction of sp³-hybridized carbons (Fsp3) is 0. The summed E-state index contributed by atoms with van der Waals surface area (Å²) in [5.74, 6) is 0.404. The molecule has 5 nitrogen and oxygen atoms in total. The van der Waals surface area contributed by atoms with Crippen LogP contribution in [-0.2, 0) is 0 Å². The highest BCUT2D eigenvalue weighted by Crippen LogP contribution is 2.27. The summed E-state index contributed by atoms with van der Waals surface area (Å²) in [6.45, 7) is 0. The van der Waals surface area contributed by atoms with Gasteiger partial charge >= 0.3 is 0 Å². The van der Waals surface area contributed by atoms with Gasteiger partial charge in [-0.1, -0.05) is 12.1 Å². The van der Waals surface area contributed by atoms with Gasteiger partial charge in [0.15, 0.2) is 5.65 Å². The zero-order chi connectivity index (χ0) is 14.4. The Morgan fingerprint density at radius 2 is 2.00 bits per heavy atom. The summed E-state index contributed by atoms with van der Waals surface area (Å²) in [7, 11) is 0. The molecule has 0 amide bonds. The molecule has 102 valence electrons. The normalized spacial score (nSPS) is 11.3. The Kier molecular flexibility index (Phi) is 2.65. The standard InChI is InChI=1S/C15H10BrN5/c16-10-7-9-3-1-5-12(13(9)19-8-10)21-14-11(20-15(21)17)4-2-6-18-14/h1-8H,(H2,17,20). The number of nitrogen functional groups attached to an aromatic ring is 1. The number of para-hydroxylation sites is 1. The monoisotopic (exact) mass is 339 g/mol. The van der Waals surface area contributed by atoms with Crippen molar-refractivity contribution in [2.75, 3.05) is 5.73 Å². The van der Waals surface area contributed by atoms with Crippen LogP contribution in [-0.4, -0.2) is 19.5 Å². The lowest BCUT2D eigenvalue weighted by molar-refractivity contribution is 1.09. The second-order valence-corrected chi connectivity index (χ2v) is 5.57. The number of imidazole rings is 1. The number of hydrogen-bond donors (Lipinski definition) is 1. The van der Waals surface area contributed by atoms with E-state index < -0.39 is 0 Å². The van der Waals surface area contributed by atoms with Crippen molar-refractivity contribution < 1.29 is 0 Å². The second-order valence-electron chi connectivity index (χ2n) is 4.65. The fourth-order valence-corrected chi connectivity index (χ4v) is 2.81. The maximum Gasteiger partial charge on any atom is 0.207 e. The molecule has 1 aromatic carbocycles. The van der Waals surface area contributed by atoms with Crippen LogP contribution in [0.4, 0.5) is 5.95 Å². The van der Waals surface area contributed by atoms with Crippen LogP contribution in [0.5, 0.6) is 0 Å². The number of halogens is 1. The first-order valence-corrected chi connectivity index (χ1v) is 7.17. The molecule has 0 saturated heterocycles. The number of hydrogen-bond acceptors (Lipinski definition) is 4. The number of nitrogens with two attached hydrogens (primary N) is 1. The largest absolute Gasteiger partial charge is 0.369 e. The first-order chi connectivity index (χ1) is 10.2. The Bertz CT molecular complexity index is 976. The third-order valence-corrected chi connectivity index (χ3v) is 3.77. The minimum atomic E-state index is 0.404. The minimum Gasteiger partial charge on any atom is -0.369 e. The van der Waals surface area contributed by atoms with Crippen molar-refractivity contribution in [2.45, 2.75) is 0 Å². The van der Waals surface area contributed by atoms with Gasteiger partial charge in [0, 0.05) is 22.3 Å². The summed E-state index contributed by atoms with van der Waals surface area (Å²) >= 11 is 3.44. The van der Waals surface area contributed by atoms with E-state index in [0.717, 1.165) is 32.2 Å². The van der Waals surface area contributed by atoms with Crippen LogP contribution in [0.2, 0.25) is 0 Å². The number of fused-ring (bicyclic) bond motifs is 2. The molecule has 0 radical (unpaired) electrons. The number of anilines is 1. The molecule has 3 aromatic heterocycles. The highest BCUT2D eigenvalue weighted by atomic mass is 79.9. The van der Waals surface area contributed by atoms with Crippen molar-refractivity contribution in [3.8, 4) is 5.69 Å². The van der Waals surface area contributed by atoms with Gasteiger partial charge < -0.3 is 5.73 Å². The van der Waals surface area contributed by atoms with Gasteiger partial charge in [0.1, 0.15) is 5.52 Å². The predicted molar refractivity (Wildman–Crippen MR) is 86.3 cm³/mol. The van der Waals surface area contributed by atoms with E-state index in [0.29, 0.717) is 5.95 Å². The zero-order valence-corrected chi connectivity index (χ0v) is 12.4. The summed E-state index contributed by atoms with van der Waals surface area (Å²) in [5.41, 5.74) is 9.31. The van der Waals surface area contributed by atoms with Crippen molar-refractivity contribution >= 4 is 43.9 Å². The van der Waals surface area contributed by atoms with Gasteiger partial charge in [-0.05, 0) is 40.2 Å². The molecule has 0 aliphatic heterocycles. The van der Waals surface area contributed by atoms with Crippen LogP contribution >= 0.6 is 15.9 Å². The number of rotatable bonds is 1. The third-order valence-electron chi connectivity index (χ3n) is 3.34. The summed E-state index contributed by atoms with van der Waals surface area (Å²) in [4.78, 5) is 13.2. The predicted octanol–water partition coefficient (Wildman–Crippen LogP) is 3.31. The van der Waals surface area contributed by atoms with E-state index in [1.165, 1.54) is 0 Å². The molecule has 3 heterocycles. The van der Waals surface area contributed by atoms with E-state index in [1.54, 1.807) is 12.4 Å². The molecule has 0 unspecified atom stereocenters. The first kappa shape index (κ1) is 12.3. The molecule has 4 aromatic rings. The Morgan fingerprint density at radius 3 is 2.90 bits per heavy atom. The Morgan fingerprint density at radius 1 is 1.10 bits per heavy atom. The van der Waals surface area contributed by atoms with E-state index in [4.69, 9.17) is 5.73 Å². The van der Waals surface area contributed by atoms with Crippen molar-refractivity contribution in [1.82, 2.24) is 19.5 Å². The van der Waals surface area contributed by atoms with Crippen LogP contribution in [0.1, 0.15) is 0 Å². The van der Waals surface area contributed by atoms with Gasteiger partial charge in [-0.15, -0.1) is 0 Å². The first-order valence-electron chi connectivity index (χ1n) is 6.37. The van der Waals surface area contributed by atoms with E-state index in [1.807, 2.05) is 41.0 Å². The Balaban J connectivity index is 2.12. The van der Waals surface area contributed by atoms with Crippen LogP contribution in [0.25, 0.3) is 27.8 Å². The van der Waals surface area contributed by atoms with E-state index in [-0.39, 0.29) is 0 Å². The molecule has 0 aliphatic carbocycles. The minimum absolute atomic E-state index is 0.404. The van der Waals surface area contributed by atoms with Gasteiger partial charge in [0.2, 0.25) is 5.95 Å². The van der Waals surface area contributed by atoms with Gasteiger partial charge in [-0.25, -0.2) is 9.97 Å². The summed E-state index contributed by atoms with van der Waals surface area (Å²) in [6, 6.07) is 11.7. The van der Waals surface area contributed by atoms with E-state index in [2.05, 4.69) is 30.9 Å². The molecule has 0 bridgehead atoms. The number of nitrogens with zero attached hydrogens (tertiary/aromatic N) is 4. The molecule has 4 rings (SSSR count). The molecule has 2 N–H and O–H groups in total. The molecule has 6 heteroatoms. The lowest BCUT2D eigenvalue weighted by Crippen LogP contribution is -2.02. The van der Waals surface area contributed by atoms with Crippen molar-refractivity contribution in [2.24, 2.45) is 0 Å². The highest BCUT2D eigenvalue weighted by molar-refractivity contribution is 9.10. The molecule has 0 aliphatic rings. The van der Waals surface area contributed by atoms with E-state index >= 15 is 0 Å². The van der Waals surface area contributed by atoms with Crippen LogP contribution in [0, 0.1) is 0 Å². The fourth-order valence-electron chi connectivity index (χ4n) is 2.47. The summed E-state index contributed by atoms with van der Waals surface area (Å²) < 4.78 is 2.77. The summed E-state index contributed by atoms with van der Waals surface area (Å²) in [6.07, 6.45) is 3.50. The zero-order valence-electron chi connectivity index (χ0n) is 10.9. The van der Waals surface area contributed by atoms with Crippen LogP contribution in [0.3, 0.4) is 0 Å². The average Bonchev–Trinajstić information content (AvgIpc) is 2.82. The SMILES string of the molecule is Nc1nc2cccnc2n1-c1cccc2cc(Br)cnc12. The van der Waals surface area contributed by atoms with E-state index in [9.17, 15) is 0 Å². The molecular formula is C15H10BrN5. The lowest BCUT2D eigenvalue weighted by atomic mass is 10.2. The van der Waals surface area contributed by atoms with Gasteiger partial charge in [-0.2, -0.15) is 0 Å². The Hall–Kier alpha value is -2.47. The molecule has 0 fully saturated rings. The van der Waals surface area contributed by atoms with Crippen LogP contribution in [0.15, 0.2) is 53.3 Å². The number of benzene rings is 1. The van der Waals surface area contributed by atoms with Crippen molar-refractivity contribution in [3.63, 3.8) is 0 Å². The van der Waals surface area contributed by atoms with Crippen LogP contribution < -0.4 is 5.73 Å². The highest BCUT2D eigenvalue weighted by Gasteiger charge is 2.13. The van der Waals surface area contributed by atoms with Gasteiger partial charge in [0.25, 0.3) is 0 Å². The molecule has 0 atom stereocenters. The number of aromatic nitrogens is 4. The maximum atomic E-state index is 6.08. The smallest absolute Gasteiger partial charge is 0.207 e. The molecular weight excluding hydrogens is 330 g/mol. The Labute approximate surface area is 128 Å². The number of pyridine rings is 2. The van der Waals surface area contributed by atoms with Gasteiger partial charge in [0.05, 0.1) is 11.2 Å². The quantitative estimate of drug-likeness (QED) is 0.577. The van der Waals surface area contributed by atoms with Gasteiger partial charge in [-0.3, -0.25) is 9.55 Å². The van der Waals surface area contributed by atoms with Crippen molar-refractivity contribution in [1.29, 1.82) is 0 Å². The molecule has 21 heavy (non-hydrogen) atoms. The average molecular weight is 340 g/mol. The lowest BCUT2D eigenvalue weighted by Gasteiger charge is -2.09. The topological polar surface area (TPSA) is 69.6 Å². The second kappa shape index (κ2) is 4.53. The van der Waals surface area contributed by atoms with Crippen molar-refractivity contribution in [3.05, 3.63) is 53.3 Å². The molecule has 0 saturated carbocycles. The summed E-state index contributed by atoms with van der Waals surface area (Å²) in [5, 5.41) is 1.03. The molecule has 0 spiro atoms. The maximum absolute atomic E-state index is 6.08. The third kappa shape index (κ3) is 1.87.